The Kier molecular flexibility index (Phi) is 5.42. The highest BCUT2D eigenvalue weighted by molar-refractivity contribution is 5.89. The zero-order valence-electron chi connectivity index (χ0n) is 13.8. The average Bonchev–Trinajstić information content (AvgIpc) is 2.64. The molecule has 1 aliphatic heterocycles. The van der Waals surface area contributed by atoms with Gasteiger partial charge in [-0.1, -0.05) is 0 Å². The Morgan fingerprint density at radius 1 is 1.12 bits per heavy atom. The van der Waals surface area contributed by atoms with Gasteiger partial charge in [-0.25, -0.2) is 18.6 Å². The van der Waals surface area contributed by atoms with Crippen molar-refractivity contribution in [3.8, 4) is 0 Å². The maximum Gasteiger partial charge on any atom is 0.319 e. The van der Waals surface area contributed by atoms with E-state index in [0.29, 0.717) is 0 Å². The van der Waals surface area contributed by atoms with Gasteiger partial charge < -0.3 is 15.5 Å². The van der Waals surface area contributed by atoms with E-state index in [2.05, 4.69) is 20.5 Å². The first-order valence-electron chi connectivity index (χ1n) is 8.31. The normalized spacial score (nSPS) is 14.2. The molecule has 2 heterocycles. The number of anilines is 2. The molecule has 0 atom stereocenters. The number of carbonyl (C=O) groups is 1. The van der Waals surface area contributed by atoms with Gasteiger partial charge >= 0.3 is 6.03 Å². The maximum absolute atomic E-state index is 13.5. The van der Waals surface area contributed by atoms with E-state index in [4.69, 9.17) is 0 Å². The number of rotatable bonds is 4. The van der Waals surface area contributed by atoms with Crippen LogP contribution >= 0.6 is 0 Å². The molecule has 0 spiro atoms. The third-order valence-corrected chi connectivity index (χ3v) is 4.12. The quantitative estimate of drug-likeness (QED) is 0.888. The number of urea groups is 1. The molecular formula is C18H20F2N4O. The fourth-order valence-electron chi connectivity index (χ4n) is 2.81. The molecule has 1 aliphatic rings. The van der Waals surface area contributed by atoms with Crippen molar-refractivity contribution >= 4 is 17.5 Å². The van der Waals surface area contributed by atoms with Crippen LogP contribution in [0.2, 0.25) is 0 Å². The topological polar surface area (TPSA) is 57.3 Å². The number of piperidine rings is 1. The van der Waals surface area contributed by atoms with Crippen molar-refractivity contribution in [2.75, 3.05) is 23.3 Å². The summed E-state index contributed by atoms with van der Waals surface area (Å²) in [6, 6.07) is 6.07. The fraction of sp³-hybridized carbons (Fsp3) is 0.333. The van der Waals surface area contributed by atoms with Gasteiger partial charge in [0, 0.05) is 31.9 Å². The molecule has 2 aromatic rings. The lowest BCUT2D eigenvalue weighted by molar-refractivity contribution is 0.251. The second-order valence-corrected chi connectivity index (χ2v) is 6.00. The second-order valence-electron chi connectivity index (χ2n) is 6.00. The highest BCUT2D eigenvalue weighted by Gasteiger charge is 2.13. The number of pyridine rings is 1. The van der Waals surface area contributed by atoms with Crippen LogP contribution in [0, 0.1) is 11.6 Å². The number of amides is 2. The predicted octanol–water partition coefficient (Wildman–Crippen LogP) is 3.67. The van der Waals surface area contributed by atoms with E-state index in [-0.39, 0.29) is 12.2 Å². The van der Waals surface area contributed by atoms with Gasteiger partial charge in [-0.05, 0) is 49.1 Å². The average molecular weight is 346 g/mol. The van der Waals surface area contributed by atoms with Gasteiger partial charge in [-0.3, -0.25) is 0 Å². The van der Waals surface area contributed by atoms with Crippen molar-refractivity contribution in [3.05, 3.63) is 53.7 Å². The molecule has 3 rings (SSSR count). The van der Waals surface area contributed by atoms with Crippen LogP contribution in [0.15, 0.2) is 36.5 Å². The van der Waals surface area contributed by atoms with Crippen LogP contribution in [0.4, 0.5) is 25.1 Å². The molecule has 1 saturated heterocycles. The number of halogens is 2. The van der Waals surface area contributed by atoms with Crippen molar-refractivity contribution in [2.45, 2.75) is 25.8 Å². The summed E-state index contributed by atoms with van der Waals surface area (Å²) in [5.41, 5.74) is 0.701. The van der Waals surface area contributed by atoms with Crippen LogP contribution in [0.1, 0.15) is 24.8 Å². The SMILES string of the molecule is O=C(NCc1ccnc(N2CCCCC2)c1)Nc1cc(F)ccc1F. The predicted molar refractivity (Wildman–Crippen MR) is 92.5 cm³/mol. The zero-order chi connectivity index (χ0) is 17.6. The number of nitrogens with one attached hydrogen (secondary N) is 2. The lowest BCUT2D eigenvalue weighted by Crippen LogP contribution is -2.31. The lowest BCUT2D eigenvalue weighted by atomic mass is 10.1. The summed E-state index contributed by atoms with van der Waals surface area (Å²) in [4.78, 5) is 18.5. The van der Waals surface area contributed by atoms with Gasteiger partial charge in [0.2, 0.25) is 0 Å². The molecule has 25 heavy (non-hydrogen) atoms. The molecule has 2 N–H and O–H groups in total. The maximum atomic E-state index is 13.5. The summed E-state index contributed by atoms with van der Waals surface area (Å²) in [5, 5.41) is 4.95. The van der Waals surface area contributed by atoms with Gasteiger partial charge in [0.05, 0.1) is 5.69 Å². The van der Waals surface area contributed by atoms with E-state index in [1.165, 1.54) is 6.42 Å². The van der Waals surface area contributed by atoms with E-state index in [0.717, 1.165) is 55.5 Å². The summed E-state index contributed by atoms with van der Waals surface area (Å²) in [7, 11) is 0. The van der Waals surface area contributed by atoms with Crippen molar-refractivity contribution in [3.63, 3.8) is 0 Å². The van der Waals surface area contributed by atoms with E-state index < -0.39 is 17.7 Å². The van der Waals surface area contributed by atoms with Gasteiger partial charge in [0.1, 0.15) is 17.5 Å². The molecule has 0 saturated carbocycles. The lowest BCUT2D eigenvalue weighted by Gasteiger charge is -2.27. The number of aromatic nitrogens is 1. The number of hydrogen-bond acceptors (Lipinski definition) is 3. The standard InChI is InChI=1S/C18H20F2N4O/c19-14-4-5-15(20)16(11-14)23-18(25)22-12-13-6-7-21-17(10-13)24-8-2-1-3-9-24/h4-7,10-11H,1-3,8-9,12H2,(H2,22,23,25). The molecule has 132 valence electrons. The minimum absolute atomic E-state index is 0.193. The Morgan fingerprint density at radius 3 is 2.72 bits per heavy atom. The first-order valence-corrected chi connectivity index (χ1v) is 8.31. The Hall–Kier alpha value is -2.70. The first kappa shape index (κ1) is 17.1. The summed E-state index contributed by atoms with van der Waals surface area (Å²) < 4.78 is 26.6. The molecule has 1 aromatic carbocycles. The second kappa shape index (κ2) is 7.92. The third-order valence-electron chi connectivity index (χ3n) is 4.12. The minimum atomic E-state index is -0.687. The van der Waals surface area contributed by atoms with Crippen molar-refractivity contribution in [1.82, 2.24) is 10.3 Å². The monoisotopic (exact) mass is 346 g/mol. The van der Waals surface area contributed by atoms with Crippen LogP contribution in [0.25, 0.3) is 0 Å². The third kappa shape index (κ3) is 4.65. The summed E-state index contributed by atoms with van der Waals surface area (Å²) in [6.07, 6.45) is 5.27. The molecule has 0 unspecified atom stereocenters. The Morgan fingerprint density at radius 2 is 1.92 bits per heavy atom. The molecule has 0 bridgehead atoms. The van der Waals surface area contributed by atoms with Gasteiger partial charge in [0.25, 0.3) is 0 Å². The Labute approximate surface area is 145 Å². The molecule has 7 heteroatoms. The smallest absolute Gasteiger partial charge is 0.319 e. The molecule has 1 aromatic heterocycles. The molecule has 2 amide bonds. The molecule has 0 radical (unpaired) electrons. The molecule has 0 aliphatic carbocycles. The highest BCUT2D eigenvalue weighted by Crippen LogP contribution is 2.18. The van der Waals surface area contributed by atoms with Crippen molar-refractivity contribution in [2.24, 2.45) is 0 Å². The number of hydrogen-bond donors (Lipinski definition) is 2. The number of nitrogens with zero attached hydrogens (tertiary/aromatic N) is 2. The Balaban J connectivity index is 1.57. The summed E-state index contributed by atoms with van der Waals surface area (Å²) in [5.74, 6) is -0.402. The minimum Gasteiger partial charge on any atom is -0.357 e. The van der Waals surface area contributed by atoms with Crippen LogP contribution < -0.4 is 15.5 Å². The van der Waals surface area contributed by atoms with Crippen molar-refractivity contribution < 1.29 is 13.6 Å². The van der Waals surface area contributed by atoms with Gasteiger partial charge in [-0.2, -0.15) is 0 Å². The van der Waals surface area contributed by atoms with Crippen LogP contribution in [0.3, 0.4) is 0 Å². The summed E-state index contributed by atoms with van der Waals surface area (Å²) >= 11 is 0. The zero-order valence-corrected chi connectivity index (χ0v) is 13.8. The number of benzene rings is 1. The van der Waals surface area contributed by atoms with E-state index in [9.17, 15) is 13.6 Å². The van der Waals surface area contributed by atoms with Crippen molar-refractivity contribution in [1.29, 1.82) is 0 Å². The Bertz CT molecular complexity index is 748. The largest absolute Gasteiger partial charge is 0.357 e. The van der Waals surface area contributed by atoms with Gasteiger partial charge in [0.15, 0.2) is 0 Å². The van der Waals surface area contributed by atoms with E-state index in [1.807, 2.05) is 12.1 Å². The highest BCUT2D eigenvalue weighted by atomic mass is 19.1. The molecule has 1 fully saturated rings. The first-order chi connectivity index (χ1) is 12.1. The van der Waals surface area contributed by atoms with Crippen LogP contribution in [-0.2, 0) is 6.54 Å². The van der Waals surface area contributed by atoms with Crippen LogP contribution in [0.5, 0.6) is 0 Å². The fourth-order valence-corrected chi connectivity index (χ4v) is 2.81. The van der Waals surface area contributed by atoms with E-state index in [1.54, 1.807) is 6.20 Å². The van der Waals surface area contributed by atoms with Crippen LogP contribution in [-0.4, -0.2) is 24.1 Å². The molecule has 5 nitrogen and oxygen atoms in total. The molecular weight excluding hydrogens is 326 g/mol. The van der Waals surface area contributed by atoms with Gasteiger partial charge in [-0.15, -0.1) is 0 Å². The summed E-state index contributed by atoms with van der Waals surface area (Å²) in [6.45, 7) is 2.25. The number of carbonyl (C=O) groups excluding carboxylic acids is 1. The van der Waals surface area contributed by atoms with E-state index >= 15 is 0 Å².